The van der Waals surface area contributed by atoms with Crippen LogP contribution in [0.5, 0.6) is 5.75 Å². The number of aromatic nitrogens is 3. The first-order chi connectivity index (χ1) is 14.3. The number of carbonyl (C=O) groups is 2. The smallest absolute Gasteiger partial charge is 0.266 e. The summed E-state index contributed by atoms with van der Waals surface area (Å²) in [6, 6.07) is 8.43. The quantitative estimate of drug-likeness (QED) is 0.615. The Morgan fingerprint density at radius 3 is 2.73 bits per heavy atom. The van der Waals surface area contributed by atoms with Gasteiger partial charge >= 0.3 is 0 Å². The van der Waals surface area contributed by atoms with Crippen molar-refractivity contribution in [2.24, 2.45) is 0 Å². The van der Waals surface area contributed by atoms with E-state index in [1.165, 1.54) is 11.0 Å². The van der Waals surface area contributed by atoms with Crippen molar-refractivity contribution in [1.29, 1.82) is 0 Å². The molecule has 0 spiro atoms. The Bertz CT molecular complexity index is 1150. The summed E-state index contributed by atoms with van der Waals surface area (Å²) in [4.78, 5) is 42.8. The number of methoxy groups -OCH3 is 1. The molecule has 2 aromatic heterocycles. The van der Waals surface area contributed by atoms with Crippen LogP contribution in [0.15, 0.2) is 35.1 Å². The van der Waals surface area contributed by atoms with Crippen LogP contribution in [0.1, 0.15) is 23.9 Å². The van der Waals surface area contributed by atoms with Gasteiger partial charge in [0.25, 0.3) is 5.56 Å². The largest absolute Gasteiger partial charge is 0.497 e. The molecule has 0 saturated heterocycles. The van der Waals surface area contributed by atoms with Gasteiger partial charge in [-0.25, -0.2) is 9.50 Å². The number of nitrogens with one attached hydrogen (secondary N) is 2. The molecule has 0 bridgehead atoms. The van der Waals surface area contributed by atoms with Crippen LogP contribution in [-0.4, -0.2) is 51.5 Å². The Morgan fingerprint density at radius 1 is 1.27 bits per heavy atom. The maximum atomic E-state index is 12.9. The van der Waals surface area contributed by atoms with E-state index in [2.05, 4.69) is 15.4 Å². The molecule has 0 radical (unpaired) electrons. The summed E-state index contributed by atoms with van der Waals surface area (Å²) >= 11 is 0. The van der Waals surface area contributed by atoms with Crippen LogP contribution in [0.4, 0.5) is 5.69 Å². The topological polar surface area (TPSA) is 109 Å². The molecule has 1 aromatic carbocycles. The Morgan fingerprint density at radius 2 is 2.03 bits per heavy atom. The second kappa shape index (κ2) is 8.81. The van der Waals surface area contributed by atoms with Crippen molar-refractivity contribution in [3.8, 4) is 5.75 Å². The molecule has 0 atom stereocenters. The molecule has 2 amide bonds. The molecule has 0 unspecified atom stereocenters. The van der Waals surface area contributed by atoms with Crippen molar-refractivity contribution >= 4 is 23.1 Å². The highest BCUT2D eigenvalue weighted by Crippen LogP contribution is 2.17. The monoisotopic (exact) mass is 411 g/mol. The van der Waals surface area contributed by atoms with Crippen molar-refractivity contribution in [3.63, 3.8) is 0 Å². The number of anilines is 1. The van der Waals surface area contributed by atoms with Gasteiger partial charge in [-0.1, -0.05) is 6.07 Å². The number of amides is 2. The van der Waals surface area contributed by atoms with Crippen LogP contribution in [0, 0.1) is 13.8 Å². The molecule has 0 fully saturated rings. The third kappa shape index (κ3) is 4.51. The lowest BCUT2D eigenvalue weighted by Gasteiger charge is -2.21. The molecule has 3 aromatic rings. The predicted octanol–water partition coefficient (Wildman–Crippen LogP) is 1.68. The van der Waals surface area contributed by atoms with Crippen LogP contribution in [-0.2, 0) is 16.0 Å². The summed E-state index contributed by atoms with van der Waals surface area (Å²) < 4.78 is 6.73. The Labute approximate surface area is 173 Å². The molecule has 2 N–H and O–H groups in total. The van der Waals surface area contributed by atoms with Gasteiger partial charge in [0.15, 0.2) is 5.65 Å². The van der Waals surface area contributed by atoms with Gasteiger partial charge in [0.05, 0.1) is 20.1 Å². The van der Waals surface area contributed by atoms with Crippen LogP contribution in [0.25, 0.3) is 5.65 Å². The predicted molar refractivity (Wildman–Crippen MR) is 113 cm³/mol. The van der Waals surface area contributed by atoms with Gasteiger partial charge in [0, 0.05) is 41.3 Å². The molecule has 30 heavy (non-hydrogen) atoms. The van der Waals surface area contributed by atoms with E-state index in [1.54, 1.807) is 42.8 Å². The number of nitrogens with zero attached hydrogens (tertiary/aromatic N) is 3. The van der Waals surface area contributed by atoms with E-state index in [1.807, 2.05) is 13.8 Å². The highest BCUT2D eigenvalue weighted by atomic mass is 16.5. The summed E-state index contributed by atoms with van der Waals surface area (Å²) in [7, 11) is 1.55. The number of carbonyl (C=O) groups excluding carboxylic acids is 2. The molecule has 158 valence electrons. The Kier molecular flexibility index (Phi) is 6.20. The van der Waals surface area contributed by atoms with Crippen molar-refractivity contribution < 1.29 is 14.3 Å². The number of H-pyrrole nitrogens is 1. The average Bonchev–Trinajstić information content (AvgIpc) is 3.09. The maximum Gasteiger partial charge on any atom is 0.266 e. The number of hydrogen-bond acceptors (Lipinski definition) is 5. The zero-order valence-corrected chi connectivity index (χ0v) is 17.5. The normalized spacial score (nSPS) is 10.8. The summed E-state index contributed by atoms with van der Waals surface area (Å²) in [5, 5.41) is 5.46. The fourth-order valence-corrected chi connectivity index (χ4v) is 3.33. The summed E-state index contributed by atoms with van der Waals surface area (Å²) in [6.45, 7) is 5.77. The lowest BCUT2D eigenvalue weighted by molar-refractivity contribution is -0.133. The fraction of sp³-hybridized carbons (Fsp3) is 0.333. The standard InChI is InChI=1S/C21H25N5O4/c1-5-25(12-20(28)23-15-7-6-8-16(9-15)30-4)21(29)10-17-13(2)22-18-11-19(27)24-26(18)14(17)3/h6-9,11H,5,10,12H2,1-4H3,(H,23,28)(H,24,27). The molecular formula is C21H25N5O4. The number of aromatic amines is 1. The van der Waals surface area contributed by atoms with Gasteiger partial charge in [-0.05, 0) is 32.9 Å². The summed E-state index contributed by atoms with van der Waals surface area (Å²) in [5.74, 6) is 0.142. The minimum absolute atomic E-state index is 0.0688. The molecule has 9 heteroatoms. The van der Waals surface area contributed by atoms with Crippen LogP contribution in [0.2, 0.25) is 0 Å². The number of ether oxygens (including phenoxy) is 1. The highest BCUT2D eigenvalue weighted by molar-refractivity contribution is 5.95. The third-order valence-electron chi connectivity index (χ3n) is 4.95. The van der Waals surface area contributed by atoms with Gasteiger partial charge in [-0.2, -0.15) is 0 Å². The SMILES string of the molecule is CCN(CC(=O)Nc1cccc(OC)c1)C(=O)Cc1c(C)nc2cc(=O)[nH]n2c1C. The number of fused-ring (bicyclic) bond motifs is 1. The average molecular weight is 411 g/mol. The van der Waals surface area contributed by atoms with Gasteiger partial charge in [-0.15, -0.1) is 0 Å². The highest BCUT2D eigenvalue weighted by Gasteiger charge is 2.20. The first kappa shape index (κ1) is 21.1. The Balaban J connectivity index is 1.72. The van der Waals surface area contributed by atoms with Crippen molar-refractivity contribution in [2.45, 2.75) is 27.2 Å². The molecule has 9 nitrogen and oxygen atoms in total. The molecule has 2 heterocycles. The van der Waals surface area contributed by atoms with Crippen molar-refractivity contribution in [2.75, 3.05) is 25.5 Å². The van der Waals surface area contributed by atoms with Crippen LogP contribution >= 0.6 is 0 Å². The van der Waals surface area contributed by atoms with E-state index >= 15 is 0 Å². The van der Waals surface area contributed by atoms with E-state index < -0.39 is 0 Å². The minimum atomic E-state index is -0.296. The minimum Gasteiger partial charge on any atom is -0.497 e. The number of likely N-dealkylation sites (N-methyl/N-ethyl adjacent to an activating group) is 1. The Hall–Kier alpha value is -3.62. The second-order valence-corrected chi connectivity index (χ2v) is 6.94. The van der Waals surface area contributed by atoms with Gasteiger partial charge in [0.1, 0.15) is 5.75 Å². The van der Waals surface area contributed by atoms with E-state index in [4.69, 9.17) is 4.74 Å². The number of rotatable bonds is 7. The molecule has 0 aliphatic rings. The molecule has 3 rings (SSSR count). The second-order valence-electron chi connectivity index (χ2n) is 6.94. The number of benzene rings is 1. The molecule has 0 saturated carbocycles. The lowest BCUT2D eigenvalue weighted by Crippen LogP contribution is -2.39. The number of hydrogen-bond donors (Lipinski definition) is 2. The van der Waals surface area contributed by atoms with Crippen LogP contribution in [0.3, 0.4) is 0 Å². The number of aryl methyl sites for hydroxylation is 2. The van der Waals surface area contributed by atoms with Gasteiger partial charge in [-0.3, -0.25) is 19.5 Å². The zero-order valence-electron chi connectivity index (χ0n) is 17.5. The summed E-state index contributed by atoms with van der Waals surface area (Å²) in [5.41, 5.74) is 3.00. The van der Waals surface area contributed by atoms with E-state index in [9.17, 15) is 14.4 Å². The third-order valence-corrected chi connectivity index (χ3v) is 4.95. The molecule has 0 aliphatic heterocycles. The van der Waals surface area contributed by atoms with E-state index in [0.29, 0.717) is 29.3 Å². The summed E-state index contributed by atoms with van der Waals surface area (Å²) in [6.07, 6.45) is 0.0844. The van der Waals surface area contributed by atoms with Crippen LogP contribution < -0.4 is 15.6 Å². The van der Waals surface area contributed by atoms with Crippen molar-refractivity contribution in [3.05, 3.63) is 57.6 Å². The molecular weight excluding hydrogens is 386 g/mol. The van der Waals surface area contributed by atoms with Crippen molar-refractivity contribution in [1.82, 2.24) is 19.5 Å². The first-order valence-electron chi connectivity index (χ1n) is 9.62. The molecule has 0 aliphatic carbocycles. The zero-order chi connectivity index (χ0) is 21.8. The maximum absolute atomic E-state index is 12.9. The van der Waals surface area contributed by atoms with E-state index in [-0.39, 0.29) is 30.3 Å². The van der Waals surface area contributed by atoms with Gasteiger partial charge in [0.2, 0.25) is 11.8 Å². The fourth-order valence-electron chi connectivity index (χ4n) is 3.33. The first-order valence-corrected chi connectivity index (χ1v) is 9.62. The lowest BCUT2D eigenvalue weighted by atomic mass is 10.1. The van der Waals surface area contributed by atoms with E-state index in [0.717, 1.165) is 11.3 Å². The van der Waals surface area contributed by atoms with Gasteiger partial charge < -0.3 is 15.0 Å².